The molecular weight excluding hydrogens is 240 g/mol. The number of nitrogens with one attached hydrogen (secondary N) is 1. The summed E-state index contributed by atoms with van der Waals surface area (Å²) in [4.78, 5) is 13.7. The fourth-order valence-electron chi connectivity index (χ4n) is 1.67. The number of carboxylic acid groups (broad SMARTS) is 1. The highest BCUT2D eigenvalue weighted by molar-refractivity contribution is 7.71. The van der Waals surface area contributed by atoms with E-state index in [9.17, 15) is 9.90 Å². The number of phenols is 1. The number of phenolic OH excluding ortho intramolecular Hbond substituents is 1. The molecule has 17 heavy (non-hydrogen) atoms. The number of hydrogen-bond acceptors (Lipinski definition) is 3. The van der Waals surface area contributed by atoms with E-state index < -0.39 is 5.97 Å². The summed E-state index contributed by atoms with van der Waals surface area (Å²) >= 11 is 5.00. The summed E-state index contributed by atoms with van der Waals surface area (Å²) in [6.07, 6.45) is 0. The molecule has 0 aliphatic heterocycles. The molecule has 0 saturated carbocycles. The highest BCUT2D eigenvalue weighted by Crippen LogP contribution is 2.26. The smallest absolute Gasteiger partial charge is 0.354 e. The molecule has 6 heteroatoms. The van der Waals surface area contributed by atoms with E-state index in [1.165, 1.54) is 12.1 Å². The maximum absolute atomic E-state index is 11.1. The number of benzene rings is 1. The lowest BCUT2D eigenvalue weighted by Gasteiger charge is -2.04. The third-order valence-corrected chi connectivity index (χ3v) is 2.82. The number of aromatic hydroxyl groups is 1. The van der Waals surface area contributed by atoms with Crippen molar-refractivity contribution in [1.82, 2.24) is 9.55 Å². The van der Waals surface area contributed by atoms with Crippen LogP contribution in [0.5, 0.6) is 5.75 Å². The van der Waals surface area contributed by atoms with E-state index in [4.69, 9.17) is 17.3 Å². The molecule has 0 radical (unpaired) electrons. The molecule has 5 nitrogen and oxygen atoms in total. The van der Waals surface area contributed by atoms with Gasteiger partial charge >= 0.3 is 5.97 Å². The highest BCUT2D eigenvalue weighted by Gasteiger charge is 2.17. The van der Waals surface area contributed by atoms with E-state index in [0.717, 1.165) is 0 Å². The van der Waals surface area contributed by atoms with E-state index in [0.29, 0.717) is 16.0 Å². The monoisotopic (exact) mass is 250 g/mol. The molecule has 0 amide bonds. The number of aromatic carboxylic acids is 1. The number of rotatable bonds is 2. The number of H-pyrrole nitrogens is 1. The van der Waals surface area contributed by atoms with Gasteiger partial charge in [-0.3, -0.25) is 0 Å². The van der Waals surface area contributed by atoms with Gasteiger partial charge in [-0.2, -0.15) is 0 Å². The highest BCUT2D eigenvalue weighted by atomic mass is 32.1. The van der Waals surface area contributed by atoms with Crippen LogP contribution in [0.1, 0.15) is 10.5 Å². The molecule has 1 aromatic carbocycles. The van der Waals surface area contributed by atoms with Crippen molar-refractivity contribution in [2.24, 2.45) is 7.05 Å². The summed E-state index contributed by atoms with van der Waals surface area (Å²) in [7, 11) is 1.67. The second kappa shape index (κ2) is 4.06. The van der Waals surface area contributed by atoms with Gasteiger partial charge in [-0.05, 0) is 24.4 Å². The Kier molecular flexibility index (Phi) is 2.72. The minimum atomic E-state index is -1.09. The van der Waals surface area contributed by atoms with Gasteiger partial charge < -0.3 is 19.8 Å². The molecule has 2 rings (SSSR count). The zero-order valence-corrected chi connectivity index (χ0v) is 9.78. The Morgan fingerprint density at radius 3 is 2.76 bits per heavy atom. The molecule has 0 unspecified atom stereocenters. The van der Waals surface area contributed by atoms with Crippen LogP contribution in [0.2, 0.25) is 0 Å². The maximum atomic E-state index is 11.1. The lowest BCUT2D eigenvalue weighted by molar-refractivity contribution is 0.0692. The summed E-state index contributed by atoms with van der Waals surface area (Å²) < 4.78 is 1.88. The van der Waals surface area contributed by atoms with Crippen molar-refractivity contribution in [1.29, 1.82) is 0 Å². The molecule has 0 aliphatic carbocycles. The average Bonchev–Trinajstić information content (AvgIpc) is 2.56. The fourth-order valence-corrected chi connectivity index (χ4v) is 1.86. The molecule has 1 heterocycles. The zero-order valence-electron chi connectivity index (χ0n) is 8.97. The van der Waals surface area contributed by atoms with Crippen molar-refractivity contribution in [3.63, 3.8) is 0 Å². The summed E-state index contributed by atoms with van der Waals surface area (Å²) in [6, 6.07) is 6.37. The second-order valence-corrected chi connectivity index (χ2v) is 3.95. The molecule has 0 saturated heterocycles. The van der Waals surface area contributed by atoms with Crippen LogP contribution in [0, 0.1) is 4.77 Å². The van der Waals surface area contributed by atoms with Crippen LogP contribution in [-0.4, -0.2) is 25.7 Å². The lowest BCUT2D eigenvalue weighted by Crippen LogP contribution is -2.01. The first kappa shape index (κ1) is 11.4. The van der Waals surface area contributed by atoms with Crippen molar-refractivity contribution in [2.45, 2.75) is 0 Å². The lowest BCUT2D eigenvalue weighted by atomic mass is 10.1. The topological polar surface area (TPSA) is 78.2 Å². The average molecular weight is 250 g/mol. The van der Waals surface area contributed by atoms with Crippen molar-refractivity contribution >= 4 is 18.2 Å². The Labute approximate surface area is 102 Å². The van der Waals surface area contributed by atoms with Crippen LogP contribution >= 0.6 is 12.2 Å². The predicted molar refractivity (Wildman–Crippen MR) is 64.7 cm³/mol. The van der Waals surface area contributed by atoms with Crippen LogP contribution in [0.25, 0.3) is 11.3 Å². The number of aromatic amines is 1. The van der Waals surface area contributed by atoms with Crippen molar-refractivity contribution < 1.29 is 15.0 Å². The summed E-state index contributed by atoms with van der Waals surface area (Å²) in [6.45, 7) is 0. The minimum absolute atomic E-state index is 0.0168. The first-order valence-corrected chi connectivity index (χ1v) is 5.23. The van der Waals surface area contributed by atoms with E-state index >= 15 is 0 Å². The predicted octanol–water partition coefficient (Wildman–Crippen LogP) is 2.15. The molecular formula is C11H10N2O3S. The van der Waals surface area contributed by atoms with Gasteiger partial charge in [0, 0.05) is 12.6 Å². The Morgan fingerprint density at radius 1 is 1.47 bits per heavy atom. The second-order valence-electron chi connectivity index (χ2n) is 3.57. The normalized spacial score (nSPS) is 10.4. The number of carboxylic acids is 1. The van der Waals surface area contributed by atoms with Gasteiger partial charge in [0.1, 0.15) is 5.75 Å². The van der Waals surface area contributed by atoms with Gasteiger partial charge in [0.25, 0.3) is 0 Å². The van der Waals surface area contributed by atoms with E-state index in [2.05, 4.69) is 4.98 Å². The number of imidazole rings is 1. The van der Waals surface area contributed by atoms with Gasteiger partial charge in [0.05, 0.1) is 5.69 Å². The third-order valence-electron chi connectivity index (χ3n) is 2.44. The maximum Gasteiger partial charge on any atom is 0.354 e. The molecule has 1 aromatic heterocycles. The van der Waals surface area contributed by atoms with E-state index in [-0.39, 0.29) is 11.4 Å². The first-order chi connectivity index (χ1) is 8.00. The third kappa shape index (κ3) is 1.94. The summed E-state index contributed by atoms with van der Waals surface area (Å²) in [5.41, 5.74) is 1.05. The van der Waals surface area contributed by atoms with E-state index in [1.54, 1.807) is 23.7 Å². The molecule has 2 aromatic rings. The van der Waals surface area contributed by atoms with Gasteiger partial charge in [-0.1, -0.05) is 12.1 Å². The molecule has 0 fully saturated rings. The van der Waals surface area contributed by atoms with Gasteiger partial charge in [0.2, 0.25) is 0 Å². The summed E-state index contributed by atoms with van der Waals surface area (Å²) in [5, 5.41) is 18.5. The minimum Gasteiger partial charge on any atom is -0.508 e. The fraction of sp³-hybridized carbons (Fsp3) is 0.0909. The van der Waals surface area contributed by atoms with E-state index in [1.807, 2.05) is 0 Å². The number of hydrogen-bond donors (Lipinski definition) is 3. The molecule has 0 aliphatic rings. The van der Waals surface area contributed by atoms with Crippen molar-refractivity contribution in [3.8, 4) is 17.0 Å². The standard InChI is InChI=1S/C11H10N2O3S/c1-13-9(6-3-2-4-7(14)5-6)8(10(15)16)12-11(13)17/h2-5,14H,1H3,(H,12,17)(H,15,16). The Hall–Kier alpha value is -2.08. The van der Waals surface area contributed by atoms with Gasteiger partial charge in [-0.15, -0.1) is 0 Å². The molecule has 88 valence electrons. The van der Waals surface area contributed by atoms with Crippen LogP contribution in [-0.2, 0) is 7.05 Å². The largest absolute Gasteiger partial charge is 0.508 e. The Bertz CT molecular complexity index is 642. The Morgan fingerprint density at radius 2 is 2.18 bits per heavy atom. The van der Waals surface area contributed by atoms with Crippen LogP contribution in [0.15, 0.2) is 24.3 Å². The van der Waals surface area contributed by atoms with Gasteiger partial charge in [0.15, 0.2) is 10.5 Å². The number of carbonyl (C=O) groups is 1. The quantitative estimate of drug-likeness (QED) is 0.714. The van der Waals surface area contributed by atoms with Crippen molar-refractivity contribution in [2.75, 3.05) is 0 Å². The Balaban J connectivity index is 2.74. The van der Waals surface area contributed by atoms with Crippen LogP contribution in [0.4, 0.5) is 0 Å². The molecule has 0 bridgehead atoms. The van der Waals surface area contributed by atoms with Crippen LogP contribution < -0.4 is 0 Å². The SMILES string of the molecule is Cn1c(-c2cccc(O)c2)c(C(=O)O)[nH]c1=S. The van der Waals surface area contributed by atoms with Crippen molar-refractivity contribution in [3.05, 3.63) is 34.7 Å². The zero-order chi connectivity index (χ0) is 12.6. The molecule has 3 N–H and O–H groups in total. The van der Waals surface area contributed by atoms with Crippen LogP contribution in [0.3, 0.4) is 0 Å². The first-order valence-electron chi connectivity index (χ1n) is 4.82. The van der Waals surface area contributed by atoms with Gasteiger partial charge in [-0.25, -0.2) is 4.79 Å². The molecule has 0 spiro atoms. The summed E-state index contributed by atoms with van der Waals surface area (Å²) in [5.74, 6) is -1.01. The number of aromatic nitrogens is 2. The molecule has 0 atom stereocenters. The number of nitrogens with zero attached hydrogens (tertiary/aromatic N) is 1.